The molecule has 1 saturated heterocycles. The molecular formula is C19H20F3N2OS+. The Labute approximate surface area is 154 Å². The van der Waals surface area contributed by atoms with Gasteiger partial charge in [0, 0.05) is 18.2 Å². The highest BCUT2D eigenvalue weighted by atomic mass is 32.2. The normalized spacial score (nSPS) is 18.0. The summed E-state index contributed by atoms with van der Waals surface area (Å²) in [5.74, 6) is 0.844. The van der Waals surface area contributed by atoms with Gasteiger partial charge in [0.15, 0.2) is 6.20 Å². The average molecular weight is 381 g/mol. The highest BCUT2D eigenvalue weighted by Gasteiger charge is 2.36. The van der Waals surface area contributed by atoms with Crippen LogP contribution in [-0.4, -0.2) is 23.1 Å². The topological polar surface area (TPSA) is 34.5 Å². The van der Waals surface area contributed by atoms with Crippen molar-refractivity contribution in [3.8, 4) is 11.3 Å². The number of benzene rings is 1. The molecule has 2 aromatic rings. The fourth-order valence-electron chi connectivity index (χ4n) is 3.03. The van der Waals surface area contributed by atoms with Gasteiger partial charge in [-0.05, 0) is 36.2 Å². The quantitative estimate of drug-likeness (QED) is 0.786. The van der Waals surface area contributed by atoms with E-state index < -0.39 is 11.7 Å². The van der Waals surface area contributed by atoms with Crippen LogP contribution >= 0.6 is 11.8 Å². The Bertz CT molecular complexity index is 790. The Morgan fingerprint density at radius 2 is 1.92 bits per heavy atom. The van der Waals surface area contributed by atoms with E-state index in [-0.39, 0.29) is 11.3 Å². The molecule has 0 bridgehead atoms. The zero-order valence-electron chi connectivity index (χ0n) is 14.5. The maximum Gasteiger partial charge on any atom is 0.416 e. The molecule has 1 aliphatic heterocycles. The molecule has 3 nitrogen and oxygen atoms in total. The number of pyridine rings is 1. The van der Waals surface area contributed by atoms with Gasteiger partial charge in [-0.1, -0.05) is 13.8 Å². The molecule has 1 aliphatic rings. The highest BCUT2D eigenvalue weighted by molar-refractivity contribution is 8.00. The standard InChI is InChI=1S/C19H19F3N2OS/c1-12(2)10-24-16(25)11-26-18(24)15-4-3-9-23-17(15)13-5-7-14(8-6-13)19(20,21)22/h3-9,12,18H,10-11H2,1-2H3/p+1. The molecule has 1 atom stereocenters. The molecule has 1 amide bonds. The van der Waals surface area contributed by atoms with E-state index in [1.165, 1.54) is 12.1 Å². The largest absolute Gasteiger partial charge is 0.416 e. The Hall–Kier alpha value is -2.02. The van der Waals surface area contributed by atoms with Crippen LogP contribution in [-0.2, 0) is 11.0 Å². The number of hydrogen-bond acceptors (Lipinski definition) is 2. The van der Waals surface area contributed by atoms with Crippen molar-refractivity contribution in [2.45, 2.75) is 25.4 Å². The minimum Gasteiger partial charge on any atom is -0.325 e. The van der Waals surface area contributed by atoms with Gasteiger partial charge in [0.05, 0.1) is 16.9 Å². The molecule has 2 heterocycles. The lowest BCUT2D eigenvalue weighted by Crippen LogP contribution is -2.32. The predicted molar refractivity (Wildman–Crippen MR) is 95.2 cm³/mol. The van der Waals surface area contributed by atoms with Crippen LogP contribution in [0.25, 0.3) is 11.3 Å². The van der Waals surface area contributed by atoms with Crippen LogP contribution in [0, 0.1) is 5.92 Å². The molecule has 7 heteroatoms. The van der Waals surface area contributed by atoms with Crippen molar-refractivity contribution < 1.29 is 22.9 Å². The average Bonchev–Trinajstić information content (AvgIpc) is 2.94. The van der Waals surface area contributed by atoms with Crippen molar-refractivity contribution in [1.82, 2.24) is 4.90 Å². The lowest BCUT2D eigenvalue weighted by Gasteiger charge is -2.26. The van der Waals surface area contributed by atoms with Crippen LogP contribution < -0.4 is 4.98 Å². The summed E-state index contributed by atoms with van der Waals surface area (Å²) >= 11 is 1.55. The number of amides is 1. The Morgan fingerprint density at radius 3 is 2.54 bits per heavy atom. The van der Waals surface area contributed by atoms with Crippen molar-refractivity contribution in [3.63, 3.8) is 0 Å². The number of alkyl halides is 3. The van der Waals surface area contributed by atoms with Crippen LogP contribution in [0.5, 0.6) is 0 Å². The maximum absolute atomic E-state index is 12.8. The van der Waals surface area contributed by atoms with Crippen LogP contribution in [0.1, 0.15) is 30.3 Å². The van der Waals surface area contributed by atoms with Crippen molar-refractivity contribution in [2.75, 3.05) is 12.3 Å². The number of carbonyl (C=O) groups excluding carboxylic acids is 1. The molecule has 1 unspecified atom stereocenters. The fraction of sp³-hybridized carbons (Fsp3) is 0.368. The molecule has 26 heavy (non-hydrogen) atoms. The number of rotatable bonds is 4. The number of H-pyrrole nitrogens is 1. The second kappa shape index (κ2) is 7.31. The zero-order chi connectivity index (χ0) is 18.9. The van der Waals surface area contributed by atoms with Gasteiger partial charge in [-0.15, -0.1) is 11.8 Å². The smallest absolute Gasteiger partial charge is 0.325 e. The third-order valence-electron chi connectivity index (χ3n) is 4.19. The van der Waals surface area contributed by atoms with Crippen molar-refractivity contribution in [3.05, 3.63) is 53.7 Å². The summed E-state index contributed by atoms with van der Waals surface area (Å²) < 4.78 is 38.4. The SMILES string of the molecule is CC(C)CN1C(=O)CSC1c1ccc[nH+]c1-c1ccc(C(F)(F)F)cc1. The summed E-state index contributed by atoms with van der Waals surface area (Å²) in [5, 5.41) is -0.139. The molecular weight excluding hydrogens is 361 g/mol. The Balaban J connectivity index is 1.97. The molecule has 0 saturated carbocycles. The molecule has 1 aromatic carbocycles. The first-order valence-corrected chi connectivity index (χ1v) is 9.41. The van der Waals surface area contributed by atoms with Crippen molar-refractivity contribution in [1.29, 1.82) is 0 Å². The third-order valence-corrected chi connectivity index (χ3v) is 5.42. The van der Waals surface area contributed by atoms with E-state index in [1.807, 2.05) is 17.0 Å². The predicted octanol–water partition coefficient (Wildman–Crippen LogP) is 4.42. The van der Waals surface area contributed by atoms with Gasteiger partial charge in [0.25, 0.3) is 0 Å². The minimum atomic E-state index is -4.36. The van der Waals surface area contributed by atoms with E-state index in [9.17, 15) is 18.0 Å². The Morgan fingerprint density at radius 1 is 1.23 bits per heavy atom. The molecule has 138 valence electrons. The summed E-state index contributed by atoms with van der Waals surface area (Å²) in [6.07, 6.45) is -2.62. The van der Waals surface area contributed by atoms with Gasteiger partial charge in [-0.3, -0.25) is 4.79 Å². The summed E-state index contributed by atoms with van der Waals surface area (Å²) in [5.41, 5.74) is 1.63. The molecule has 1 N–H and O–H groups in total. The van der Waals surface area contributed by atoms with Gasteiger partial charge >= 0.3 is 6.18 Å². The van der Waals surface area contributed by atoms with Crippen molar-refractivity contribution in [2.24, 2.45) is 5.92 Å². The molecule has 1 fully saturated rings. The fourth-order valence-corrected chi connectivity index (χ4v) is 4.26. The monoisotopic (exact) mass is 381 g/mol. The van der Waals surface area contributed by atoms with E-state index >= 15 is 0 Å². The number of aromatic amines is 1. The number of halogens is 3. The van der Waals surface area contributed by atoms with Gasteiger partial charge in [0.1, 0.15) is 5.37 Å². The zero-order valence-corrected chi connectivity index (χ0v) is 15.3. The number of carbonyl (C=O) groups is 1. The second-order valence-corrected chi connectivity index (χ2v) is 7.75. The van der Waals surface area contributed by atoms with Gasteiger partial charge < -0.3 is 4.90 Å². The van der Waals surface area contributed by atoms with Crippen LogP contribution in [0.15, 0.2) is 42.6 Å². The molecule has 0 spiro atoms. The van der Waals surface area contributed by atoms with E-state index in [0.717, 1.165) is 23.4 Å². The molecule has 1 aromatic heterocycles. The summed E-state index contributed by atoms with van der Waals surface area (Å²) in [7, 11) is 0. The number of nitrogens with one attached hydrogen (secondary N) is 1. The molecule has 0 radical (unpaired) electrons. The summed E-state index contributed by atoms with van der Waals surface area (Å²) in [6.45, 7) is 4.76. The van der Waals surface area contributed by atoms with Gasteiger partial charge in [-0.2, -0.15) is 13.2 Å². The van der Waals surface area contributed by atoms with Gasteiger partial charge in [0.2, 0.25) is 11.6 Å². The highest BCUT2D eigenvalue weighted by Crippen LogP contribution is 2.42. The van der Waals surface area contributed by atoms with E-state index in [2.05, 4.69) is 18.8 Å². The molecule has 3 rings (SSSR count). The molecule has 0 aliphatic carbocycles. The number of thioether (sulfide) groups is 1. The number of nitrogens with zero attached hydrogens (tertiary/aromatic N) is 1. The summed E-state index contributed by atoms with van der Waals surface area (Å²) in [4.78, 5) is 17.3. The first-order chi connectivity index (χ1) is 12.3. The van der Waals surface area contributed by atoms with Crippen molar-refractivity contribution >= 4 is 17.7 Å². The number of hydrogen-bond donors (Lipinski definition) is 0. The van der Waals surface area contributed by atoms with Crippen LogP contribution in [0.3, 0.4) is 0 Å². The number of aromatic nitrogens is 1. The van der Waals surface area contributed by atoms with Gasteiger partial charge in [-0.25, -0.2) is 4.98 Å². The van der Waals surface area contributed by atoms with Crippen LogP contribution in [0.2, 0.25) is 0 Å². The lowest BCUT2D eigenvalue weighted by molar-refractivity contribution is -0.365. The van der Waals surface area contributed by atoms with Crippen LogP contribution in [0.4, 0.5) is 13.2 Å². The van der Waals surface area contributed by atoms with E-state index in [4.69, 9.17) is 0 Å². The first kappa shape index (κ1) is 18.8. The Kier molecular flexibility index (Phi) is 5.27. The lowest BCUT2D eigenvalue weighted by atomic mass is 10.0. The van der Waals surface area contributed by atoms with E-state index in [1.54, 1.807) is 18.0 Å². The maximum atomic E-state index is 12.8. The van der Waals surface area contributed by atoms with E-state index in [0.29, 0.717) is 23.8 Å². The summed E-state index contributed by atoms with van der Waals surface area (Å²) in [6, 6.07) is 8.86. The second-order valence-electron chi connectivity index (χ2n) is 6.68. The minimum absolute atomic E-state index is 0.0934. The first-order valence-electron chi connectivity index (χ1n) is 8.36. The third kappa shape index (κ3) is 3.87.